The van der Waals surface area contributed by atoms with E-state index in [-0.39, 0.29) is 0 Å². The largest absolute Gasteiger partial charge is 0.434 e. The van der Waals surface area contributed by atoms with Crippen molar-refractivity contribution in [3.8, 4) is 0 Å². The molecule has 0 aliphatic carbocycles. The molecule has 2 aliphatic heterocycles. The van der Waals surface area contributed by atoms with Gasteiger partial charge >= 0.3 is 6.18 Å². The summed E-state index contributed by atoms with van der Waals surface area (Å²) in [4.78, 5) is 9.78. The number of hydrogen-bond donors (Lipinski definition) is 1. The molecule has 3 heterocycles. The van der Waals surface area contributed by atoms with Gasteiger partial charge in [0.2, 0.25) is 0 Å². The van der Waals surface area contributed by atoms with Crippen LogP contribution in [0.2, 0.25) is 0 Å². The minimum Gasteiger partial charge on any atom is -0.350 e. The highest BCUT2D eigenvalue weighted by Gasteiger charge is 2.36. The van der Waals surface area contributed by atoms with E-state index in [9.17, 15) is 13.2 Å². The summed E-state index contributed by atoms with van der Waals surface area (Å²) >= 11 is 0. The molecule has 7 heteroatoms. The van der Waals surface area contributed by atoms with Gasteiger partial charge in [-0.15, -0.1) is 0 Å². The highest BCUT2D eigenvalue weighted by molar-refractivity contribution is 5.48. The first kappa shape index (κ1) is 11.7. The van der Waals surface area contributed by atoms with Gasteiger partial charge in [0.15, 0.2) is 11.5 Å². The number of aryl methyl sites for hydroxylation is 1. The summed E-state index contributed by atoms with van der Waals surface area (Å²) in [7, 11) is 0. The second-order valence-corrected chi connectivity index (χ2v) is 4.61. The van der Waals surface area contributed by atoms with E-state index in [1.165, 1.54) is 0 Å². The normalized spacial score (nSPS) is 23.5. The van der Waals surface area contributed by atoms with Crippen LogP contribution in [-0.4, -0.2) is 35.6 Å². The first-order chi connectivity index (χ1) is 8.55. The standard InChI is InChI=1S/C11H13F3N4/c12-11(13,14)9-6-16-10-8(17-9)2-1-7-5-15-3-4-18(7)10/h6-7,15H,1-5H2/t7-/m1/s1. The van der Waals surface area contributed by atoms with Crippen LogP contribution >= 0.6 is 0 Å². The van der Waals surface area contributed by atoms with Gasteiger partial charge in [-0.1, -0.05) is 0 Å². The Morgan fingerprint density at radius 1 is 1.39 bits per heavy atom. The number of nitrogens with zero attached hydrogens (tertiary/aromatic N) is 3. The Bertz CT molecular complexity index is 460. The molecule has 2 aliphatic rings. The molecule has 0 bridgehead atoms. The summed E-state index contributed by atoms with van der Waals surface area (Å²) < 4.78 is 37.7. The summed E-state index contributed by atoms with van der Waals surface area (Å²) in [5.74, 6) is 0.626. The fourth-order valence-electron chi connectivity index (χ4n) is 2.57. The van der Waals surface area contributed by atoms with Crippen LogP contribution in [0.25, 0.3) is 0 Å². The molecule has 1 atom stereocenters. The maximum absolute atomic E-state index is 12.6. The SMILES string of the molecule is FC(F)(F)c1cnc2c(n1)CC[C@@H]1CNCCN21. The van der Waals surface area contributed by atoms with Gasteiger partial charge in [-0.2, -0.15) is 13.2 Å². The van der Waals surface area contributed by atoms with Crippen molar-refractivity contribution in [2.45, 2.75) is 25.1 Å². The van der Waals surface area contributed by atoms with Crippen molar-refractivity contribution >= 4 is 5.82 Å². The first-order valence-electron chi connectivity index (χ1n) is 5.96. The Hall–Kier alpha value is -1.37. The van der Waals surface area contributed by atoms with Crippen molar-refractivity contribution < 1.29 is 13.2 Å². The molecule has 0 unspecified atom stereocenters. The molecule has 18 heavy (non-hydrogen) atoms. The van der Waals surface area contributed by atoms with Crippen LogP contribution in [0.5, 0.6) is 0 Å². The van der Waals surface area contributed by atoms with Gasteiger partial charge in [-0.3, -0.25) is 0 Å². The lowest BCUT2D eigenvalue weighted by Crippen LogP contribution is -2.53. The molecule has 0 spiro atoms. The van der Waals surface area contributed by atoms with Crippen molar-refractivity contribution in [3.63, 3.8) is 0 Å². The summed E-state index contributed by atoms with van der Waals surface area (Å²) in [6.07, 6.45) is -2.18. The quantitative estimate of drug-likeness (QED) is 0.759. The van der Waals surface area contributed by atoms with Crippen molar-refractivity contribution in [1.82, 2.24) is 15.3 Å². The van der Waals surface area contributed by atoms with E-state index in [0.717, 1.165) is 32.3 Å². The van der Waals surface area contributed by atoms with Crippen LogP contribution in [-0.2, 0) is 12.6 Å². The highest BCUT2D eigenvalue weighted by atomic mass is 19.4. The third kappa shape index (κ3) is 1.92. The fourth-order valence-corrected chi connectivity index (χ4v) is 2.57. The zero-order valence-electron chi connectivity index (χ0n) is 9.67. The number of aromatic nitrogens is 2. The maximum atomic E-state index is 12.6. The van der Waals surface area contributed by atoms with E-state index in [2.05, 4.69) is 20.2 Å². The van der Waals surface area contributed by atoms with Gasteiger partial charge in [0.1, 0.15) is 0 Å². The zero-order valence-corrected chi connectivity index (χ0v) is 9.67. The van der Waals surface area contributed by atoms with E-state index in [1.54, 1.807) is 0 Å². The molecule has 0 saturated carbocycles. The predicted octanol–water partition coefficient (Wildman–Crippen LogP) is 1.22. The topological polar surface area (TPSA) is 41.1 Å². The van der Waals surface area contributed by atoms with Crippen LogP contribution in [0, 0.1) is 0 Å². The lowest BCUT2D eigenvalue weighted by molar-refractivity contribution is -0.141. The van der Waals surface area contributed by atoms with E-state index in [1.807, 2.05) is 0 Å². The van der Waals surface area contributed by atoms with Crippen molar-refractivity contribution in [3.05, 3.63) is 17.6 Å². The van der Waals surface area contributed by atoms with Crippen molar-refractivity contribution in [1.29, 1.82) is 0 Å². The molecule has 1 N–H and O–H groups in total. The van der Waals surface area contributed by atoms with Crippen LogP contribution in [0.1, 0.15) is 17.8 Å². The van der Waals surface area contributed by atoms with Gasteiger partial charge in [-0.25, -0.2) is 9.97 Å². The number of piperazine rings is 1. The Morgan fingerprint density at radius 2 is 2.22 bits per heavy atom. The monoisotopic (exact) mass is 258 g/mol. The molecule has 1 aromatic rings. The molecule has 98 valence electrons. The van der Waals surface area contributed by atoms with Crippen molar-refractivity contribution in [2.75, 3.05) is 24.5 Å². The molecule has 1 fully saturated rings. The second kappa shape index (κ2) is 4.08. The number of nitrogens with one attached hydrogen (secondary N) is 1. The summed E-state index contributed by atoms with van der Waals surface area (Å²) in [5, 5.41) is 3.28. The fraction of sp³-hybridized carbons (Fsp3) is 0.636. The lowest BCUT2D eigenvalue weighted by Gasteiger charge is -2.40. The minimum atomic E-state index is -4.41. The molecule has 0 aromatic carbocycles. The number of hydrogen-bond acceptors (Lipinski definition) is 4. The predicted molar refractivity (Wildman–Crippen MR) is 59.4 cm³/mol. The summed E-state index contributed by atoms with van der Waals surface area (Å²) in [6, 6.07) is 0.331. The molecular weight excluding hydrogens is 245 g/mol. The number of fused-ring (bicyclic) bond motifs is 3. The van der Waals surface area contributed by atoms with Crippen LogP contribution in [0.4, 0.5) is 19.0 Å². The molecule has 1 saturated heterocycles. The Kier molecular flexibility index (Phi) is 2.65. The number of alkyl halides is 3. The average molecular weight is 258 g/mol. The second-order valence-electron chi connectivity index (χ2n) is 4.61. The minimum absolute atomic E-state index is 0.331. The van der Waals surface area contributed by atoms with Gasteiger partial charge < -0.3 is 10.2 Å². The smallest absolute Gasteiger partial charge is 0.350 e. The van der Waals surface area contributed by atoms with E-state index in [0.29, 0.717) is 24.0 Å². The highest BCUT2D eigenvalue weighted by Crippen LogP contribution is 2.32. The Morgan fingerprint density at radius 3 is 3.00 bits per heavy atom. The molecule has 4 nitrogen and oxygen atoms in total. The Balaban J connectivity index is 1.96. The van der Waals surface area contributed by atoms with E-state index >= 15 is 0 Å². The molecule has 1 aromatic heterocycles. The number of anilines is 1. The van der Waals surface area contributed by atoms with Crippen molar-refractivity contribution in [2.24, 2.45) is 0 Å². The third-order valence-corrected chi connectivity index (χ3v) is 3.45. The molecule has 3 rings (SSSR count). The van der Waals surface area contributed by atoms with Crippen LogP contribution in [0.15, 0.2) is 6.20 Å². The molecule has 0 amide bonds. The maximum Gasteiger partial charge on any atom is 0.434 e. The van der Waals surface area contributed by atoms with E-state index < -0.39 is 11.9 Å². The number of halogens is 3. The van der Waals surface area contributed by atoms with E-state index in [4.69, 9.17) is 0 Å². The third-order valence-electron chi connectivity index (χ3n) is 3.45. The van der Waals surface area contributed by atoms with Crippen LogP contribution < -0.4 is 10.2 Å². The first-order valence-corrected chi connectivity index (χ1v) is 5.96. The number of rotatable bonds is 0. The zero-order chi connectivity index (χ0) is 12.8. The van der Waals surface area contributed by atoms with Gasteiger partial charge in [-0.05, 0) is 12.8 Å². The van der Waals surface area contributed by atoms with Gasteiger partial charge in [0, 0.05) is 25.7 Å². The molecule has 0 radical (unpaired) electrons. The Labute approximate surface area is 102 Å². The van der Waals surface area contributed by atoms with Crippen LogP contribution in [0.3, 0.4) is 0 Å². The summed E-state index contributed by atoms with van der Waals surface area (Å²) in [5.41, 5.74) is -0.419. The lowest BCUT2D eigenvalue weighted by atomic mass is 10.0. The van der Waals surface area contributed by atoms with Gasteiger partial charge in [0.05, 0.1) is 11.9 Å². The molecular formula is C11H13F3N4. The van der Waals surface area contributed by atoms with Gasteiger partial charge in [0.25, 0.3) is 0 Å². The summed E-state index contributed by atoms with van der Waals surface area (Å²) in [6.45, 7) is 2.47. The average Bonchev–Trinajstić information content (AvgIpc) is 2.37.